The number of rotatable bonds is 4. The molecule has 1 aromatic rings. The zero-order valence-electron chi connectivity index (χ0n) is 10.4. The van der Waals surface area contributed by atoms with Crippen molar-refractivity contribution in [2.24, 2.45) is 0 Å². The maximum atomic E-state index is 11.6. The predicted molar refractivity (Wildman–Crippen MR) is 69.4 cm³/mol. The van der Waals surface area contributed by atoms with Gasteiger partial charge in [0.05, 0.1) is 12.0 Å². The highest BCUT2D eigenvalue weighted by Crippen LogP contribution is 2.17. The lowest BCUT2D eigenvalue weighted by atomic mass is 9.96. The lowest BCUT2D eigenvalue weighted by Gasteiger charge is -2.23. The molecule has 98 valence electrons. The predicted octanol–water partition coefficient (Wildman–Crippen LogP) is 2.39. The van der Waals surface area contributed by atoms with Gasteiger partial charge in [-0.3, -0.25) is 10.9 Å². The molecule has 18 heavy (non-hydrogen) atoms. The van der Waals surface area contributed by atoms with E-state index >= 15 is 0 Å². The third kappa shape index (κ3) is 3.55. The Labute approximate surface area is 107 Å². The molecule has 2 amide bonds. The summed E-state index contributed by atoms with van der Waals surface area (Å²) in [7, 11) is 0. The van der Waals surface area contributed by atoms with E-state index < -0.39 is 0 Å². The van der Waals surface area contributed by atoms with Gasteiger partial charge in [-0.15, -0.1) is 0 Å². The second-order valence-electron chi connectivity index (χ2n) is 4.51. The molecule has 0 spiro atoms. The highest BCUT2D eigenvalue weighted by molar-refractivity contribution is 5.75. The second kappa shape index (κ2) is 6.14. The molecule has 1 aliphatic rings. The molecule has 5 nitrogen and oxygen atoms in total. The molecular formula is C13H19N3O2. The van der Waals surface area contributed by atoms with Gasteiger partial charge in [-0.05, 0) is 25.0 Å². The number of carbonyl (C=O) groups excluding carboxylic acids is 1. The van der Waals surface area contributed by atoms with Crippen LogP contribution in [-0.2, 0) is 0 Å². The Balaban J connectivity index is 1.69. The molecule has 1 aromatic heterocycles. The van der Waals surface area contributed by atoms with Crippen LogP contribution in [0.2, 0.25) is 0 Å². The highest BCUT2D eigenvalue weighted by atomic mass is 16.3. The topological polar surface area (TPSA) is 66.3 Å². The van der Waals surface area contributed by atoms with E-state index in [4.69, 9.17) is 4.42 Å². The number of hydrogen-bond acceptors (Lipinski definition) is 3. The molecule has 1 fully saturated rings. The van der Waals surface area contributed by atoms with Crippen LogP contribution in [0.4, 0.5) is 4.79 Å². The van der Waals surface area contributed by atoms with Crippen LogP contribution in [0.25, 0.3) is 5.70 Å². The zero-order chi connectivity index (χ0) is 12.8. The molecule has 1 saturated carbocycles. The van der Waals surface area contributed by atoms with Crippen molar-refractivity contribution in [3.8, 4) is 0 Å². The van der Waals surface area contributed by atoms with Crippen molar-refractivity contribution in [1.82, 2.24) is 16.2 Å². The number of urea groups is 1. The number of hydrogen-bond donors (Lipinski definition) is 3. The molecule has 1 heterocycles. The van der Waals surface area contributed by atoms with Crippen LogP contribution in [0.5, 0.6) is 0 Å². The Morgan fingerprint density at radius 3 is 2.72 bits per heavy atom. The van der Waals surface area contributed by atoms with Crippen molar-refractivity contribution in [2.45, 2.75) is 38.1 Å². The van der Waals surface area contributed by atoms with E-state index in [-0.39, 0.29) is 12.1 Å². The monoisotopic (exact) mass is 249 g/mol. The lowest BCUT2D eigenvalue weighted by molar-refractivity contribution is 0.230. The van der Waals surface area contributed by atoms with Crippen LogP contribution in [0.3, 0.4) is 0 Å². The first-order valence-electron chi connectivity index (χ1n) is 6.31. The van der Waals surface area contributed by atoms with Gasteiger partial charge in [-0.2, -0.15) is 0 Å². The molecule has 1 aliphatic carbocycles. The fraction of sp³-hybridized carbons (Fsp3) is 0.462. The van der Waals surface area contributed by atoms with Gasteiger partial charge >= 0.3 is 6.03 Å². The number of amides is 2. The summed E-state index contributed by atoms with van der Waals surface area (Å²) in [6.07, 6.45) is 7.34. The molecule has 0 radical (unpaired) electrons. The van der Waals surface area contributed by atoms with E-state index in [9.17, 15) is 4.79 Å². The van der Waals surface area contributed by atoms with Gasteiger partial charge in [0.1, 0.15) is 0 Å². The SMILES string of the molecule is C=C(NNC(=O)NC1CCCCC1)c1ccco1. The third-order valence-corrected chi connectivity index (χ3v) is 3.09. The van der Waals surface area contributed by atoms with Gasteiger partial charge in [0.25, 0.3) is 0 Å². The Bertz CT molecular complexity index is 394. The minimum Gasteiger partial charge on any atom is -0.463 e. The zero-order valence-corrected chi connectivity index (χ0v) is 10.4. The largest absolute Gasteiger partial charge is 0.463 e. The van der Waals surface area contributed by atoms with Crippen molar-refractivity contribution in [3.63, 3.8) is 0 Å². The summed E-state index contributed by atoms with van der Waals surface area (Å²) in [5.41, 5.74) is 5.81. The summed E-state index contributed by atoms with van der Waals surface area (Å²) >= 11 is 0. The molecule has 0 aromatic carbocycles. The second-order valence-corrected chi connectivity index (χ2v) is 4.51. The fourth-order valence-electron chi connectivity index (χ4n) is 2.11. The van der Waals surface area contributed by atoms with Gasteiger partial charge in [0, 0.05) is 6.04 Å². The van der Waals surface area contributed by atoms with E-state index in [0.717, 1.165) is 12.8 Å². The summed E-state index contributed by atoms with van der Waals surface area (Å²) in [4.78, 5) is 11.6. The molecular weight excluding hydrogens is 230 g/mol. The maximum absolute atomic E-state index is 11.6. The van der Waals surface area contributed by atoms with Crippen LogP contribution in [0.15, 0.2) is 29.4 Å². The molecule has 0 bridgehead atoms. The first kappa shape index (κ1) is 12.5. The Kier molecular flexibility index (Phi) is 4.28. The average molecular weight is 249 g/mol. The summed E-state index contributed by atoms with van der Waals surface area (Å²) in [5, 5.41) is 2.94. The van der Waals surface area contributed by atoms with Crippen molar-refractivity contribution in [3.05, 3.63) is 30.7 Å². The summed E-state index contributed by atoms with van der Waals surface area (Å²) < 4.78 is 5.14. The molecule has 5 heteroatoms. The first-order chi connectivity index (χ1) is 8.75. The van der Waals surface area contributed by atoms with E-state index in [2.05, 4.69) is 22.7 Å². The third-order valence-electron chi connectivity index (χ3n) is 3.09. The first-order valence-corrected chi connectivity index (χ1v) is 6.31. The minimum absolute atomic E-state index is 0.227. The maximum Gasteiger partial charge on any atom is 0.333 e. The highest BCUT2D eigenvalue weighted by Gasteiger charge is 2.15. The van der Waals surface area contributed by atoms with Crippen LogP contribution in [-0.4, -0.2) is 12.1 Å². The van der Waals surface area contributed by atoms with Crippen LogP contribution >= 0.6 is 0 Å². The van der Waals surface area contributed by atoms with Crippen molar-refractivity contribution >= 4 is 11.7 Å². The quantitative estimate of drug-likeness (QED) is 0.718. The van der Waals surface area contributed by atoms with Gasteiger partial charge in [0.2, 0.25) is 0 Å². The average Bonchev–Trinajstić information content (AvgIpc) is 2.91. The van der Waals surface area contributed by atoms with E-state index in [1.165, 1.54) is 19.3 Å². The summed E-state index contributed by atoms with van der Waals surface area (Å²) in [5.74, 6) is 0.605. The van der Waals surface area contributed by atoms with E-state index in [0.29, 0.717) is 11.5 Å². The molecule has 0 saturated heterocycles. The lowest BCUT2D eigenvalue weighted by Crippen LogP contribution is -2.47. The molecule has 3 N–H and O–H groups in total. The van der Waals surface area contributed by atoms with Gasteiger partial charge in [-0.1, -0.05) is 25.8 Å². The Morgan fingerprint density at radius 1 is 1.28 bits per heavy atom. The number of nitrogens with one attached hydrogen (secondary N) is 3. The van der Waals surface area contributed by atoms with Crippen molar-refractivity contribution in [2.75, 3.05) is 0 Å². The summed E-state index contributed by atoms with van der Waals surface area (Å²) in [6, 6.07) is 3.60. The van der Waals surface area contributed by atoms with Gasteiger partial charge in [0.15, 0.2) is 5.76 Å². The summed E-state index contributed by atoms with van der Waals surface area (Å²) in [6.45, 7) is 3.77. The number of furan rings is 1. The molecule has 0 unspecified atom stereocenters. The molecule has 2 rings (SSSR count). The Hall–Kier alpha value is -1.91. The van der Waals surface area contributed by atoms with Gasteiger partial charge in [-0.25, -0.2) is 4.79 Å². The van der Waals surface area contributed by atoms with E-state index in [1.54, 1.807) is 18.4 Å². The van der Waals surface area contributed by atoms with Crippen molar-refractivity contribution in [1.29, 1.82) is 0 Å². The Morgan fingerprint density at radius 2 is 2.06 bits per heavy atom. The fourth-order valence-corrected chi connectivity index (χ4v) is 2.11. The van der Waals surface area contributed by atoms with Crippen molar-refractivity contribution < 1.29 is 9.21 Å². The van der Waals surface area contributed by atoms with Gasteiger partial charge < -0.3 is 9.73 Å². The number of hydrazine groups is 1. The standard InChI is InChI=1S/C13H19N3O2/c1-10(12-8-5-9-18-12)15-16-13(17)14-11-6-3-2-4-7-11/h5,8-9,11,15H,1-4,6-7H2,(H2,14,16,17). The van der Waals surface area contributed by atoms with Crippen LogP contribution in [0.1, 0.15) is 37.9 Å². The number of carbonyl (C=O) groups is 1. The van der Waals surface area contributed by atoms with Crippen LogP contribution in [0, 0.1) is 0 Å². The smallest absolute Gasteiger partial charge is 0.333 e. The normalized spacial score (nSPS) is 16.0. The van der Waals surface area contributed by atoms with E-state index in [1.807, 2.05) is 0 Å². The van der Waals surface area contributed by atoms with Crippen LogP contribution < -0.4 is 16.2 Å². The molecule has 0 atom stereocenters. The molecule has 0 aliphatic heterocycles. The minimum atomic E-state index is -0.227.